The Balaban J connectivity index is 0.000000128. The van der Waals surface area contributed by atoms with Gasteiger partial charge in [-0.2, -0.15) is 25.5 Å². The molecule has 6 saturated heterocycles. The van der Waals surface area contributed by atoms with Crippen molar-refractivity contribution in [3.05, 3.63) is 193 Å². The number of carbonyl (C=O) groups is 1. The van der Waals surface area contributed by atoms with E-state index in [0.717, 1.165) is 82.1 Å². The SMILES string of the molecule is CS(=O)(=O)NCC1(O)CCCN(c2cc(-c3cnc4ccc(C(F)F)nn34)ncn2)C1.CS(=O)(=O)NCC1(O)CCN(c2cc(-c3cnc4ccc(C(F)F)nn34)ncn2)C1.CS(=O)(=O)NCC1CN(c2cc(-c3cnc4ccc(C(F)F)nn34)ncn2)CCC1O.FC(F)c1ccc2ncc(-c3cc(C4CCCN(C5COC5)C4)ncn3)n2n1.O=C(NCCO)N1CCCC(c2cc(-c3cnc4ccc(C(F)F)nn34)ncn2)C1. The molecule has 21 heterocycles. The average molecular weight is 2150 g/mol. The van der Waals surface area contributed by atoms with Crippen molar-refractivity contribution in [2.24, 2.45) is 5.92 Å². The minimum absolute atomic E-state index is 0.0177. The quantitative estimate of drug-likeness (QED) is 0.0236. The van der Waals surface area contributed by atoms with Gasteiger partial charge in [-0.3, -0.25) is 4.90 Å². The Hall–Kier alpha value is -14.0. The minimum atomic E-state index is -3.43. The van der Waals surface area contributed by atoms with Gasteiger partial charge in [0.1, 0.15) is 106 Å². The highest BCUT2D eigenvalue weighted by Gasteiger charge is 2.40. The number of alkyl halides is 10. The molecule has 796 valence electrons. The van der Waals surface area contributed by atoms with Gasteiger partial charge in [0, 0.05) is 132 Å². The number of anilines is 3. The number of likely N-dealkylation sites (tertiary alicyclic amines) is 2. The fraction of sp³-hybridized carbons (Fsp3) is 0.440. The molecule has 46 nitrogen and oxygen atoms in total. The molecule has 21 rings (SSSR count). The molecule has 0 radical (unpaired) electrons. The third-order valence-electron chi connectivity index (χ3n) is 25.7. The number of piperidine rings is 4. The molecule has 0 aliphatic carbocycles. The van der Waals surface area contributed by atoms with E-state index in [4.69, 9.17) is 9.84 Å². The summed E-state index contributed by atoms with van der Waals surface area (Å²) in [5.74, 6) is 1.62. The van der Waals surface area contributed by atoms with Gasteiger partial charge >= 0.3 is 6.03 Å². The minimum Gasteiger partial charge on any atom is -0.395 e. The Morgan fingerprint density at radius 2 is 0.773 bits per heavy atom. The van der Waals surface area contributed by atoms with Crippen LogP contribution in [-0.2, 0) is 34.8 Å². The predicted molar refractivity (Wildman–Crippen MR) is 520 cm³/mol. The first-order valence-electron chi connectivity index (χ1n) is 47.2. The maximum atomic E-state index is 13.1. The molecule has 150 heavy (non-hydrogen) atoms. The van der Waals surface area contributed by atoms with Crippen LogP contribution in [0.3, 0.4) is 0 Å². The average Bonchev–Trinajstić information content (AvgIpc) is 1.61. The topological polar surface area (TPSA) is 554 Å². The van der Waals surface area contributed by atoms with Gasteiger partial charge in [0.15, 0.2) is 28.2 Å². The van der Waals surface area contributed by atoms with Crippen molar-refractivity contribution in [3.8, 4) is 56.9 Å². The summed E-state index contributed by atoms with van der Waals surface area (Å²) in [7, 11) is -10.2. The standard InChI is InChI=1S/C19H21F2N7O2.C19H20F2N6O.2C18H21F2N7O3S.C17H19F2N7O3S/c20-18(21)13-3-4-17-23-9-16(28(17)26-13)15-8-14(24-11-25-15)12-2-1-6-27(10-12)19(30)22-5-7-29;20-19(21)14-3-4-18-22-7-17(27(18)25-14)16-6-15(23-11-24-16)12-2-1-5-26(8-12)13-9-28-10-13;1-31(29,30)24-9-18(28)5-2-6-26(10-18)16-7-13(22-11-23-16)14-8-21-15-4-3-12(17(19)20)25-27(14)15;1-31(29,30)24-7-11-9-26(5-4-15(11)28)17-6-13(22-10-23-17)14-8-21-16-3-2-12(18(19)20)25-27(14)16;1-30(28,29)23-8-17(27)4-5-25(9-17)15-6-12(21-10-22-15)13-7-20-14-3-2-11(16(18)19)24-26(13)14/h3-4,8-9,11-12,18,29H,1-2,5-7,10H2,(H,22,30);3-4,6-7,11-13,19H,1-2,5,8-10H2;3-4,7-8,11,17,24,28H,2,5-6,9-10H2,1H3;2-3,6,8,10-11,15,18,24,28H,4-5,7,9H2,1H3;2-3,6-7,10,16,23,27H,4-5,8-9H2,1H3. The molecule has 0 aromatic carbocycles. The number of urea groups is 1. The molecular formula is C91H102F10N34O12S3. The van der Waals surface area contributed by atoms with E-state index < -0.39 is 79.5 Å². The predicted octanol–water partition coefficient (Wildman–Crippen LogP) is 7.19. The van der Waals surface area contributed by atoms with Crippen molar-refractivity contribution in [2.45, 2.75) is 119 Å². The molecule has 0 spiro atoms. The lowest BCUT2D eigenvalue weighted by Gasteiger charge is -2.41. The Kier molecular flexibility index (Phi) is 33.0. The number of amides is 2. The summed E-state index contributed by atoms with van der Waals surface area (Å²) in [6, 6.07) is 22.7. The molecule has 15 aromatic rings. The largest absolute Gasteiger partial charge is 0.395 e. The van der Waals surface area contributed by atoms with Gasteiger partial charge in [-0.15, -0.1) is 0 Å². The fourth-order valence-corrected chi connectivity index (χ4v) is 19.5. The van der Waals surface area contributed by atoms with E-state index in [0.29, 0.717) is 180 Å². The van der Waals surface area contributed by atoms with Crippen LogP contribution in [-0.4, -0.2) is 338 Å². The Morgan fingerprint density at radius 1 is 0.413 bits per heavy atom. The first-order valence-corrected chi connectivity index (χ1v) is 52.8. The second kappa shape index (κ2) is 46.2. The molecule has 6 unspecified atom stereocenters. The van der Waals surface area contributed by atoms with Crippen LogP contribution in [0.25, 0.3) is 85.2 Å². The van der Waals surface area contributed by atoms with Crippen molar-refractivity contribution >= 4 is 81.8 Å². The van der Waals surface area contributed by atoms with Crippen LogP contribution in [0.2, 0.25) is 0 Å². The Morgan fingerprint density at radius 3 is 1.15 bits per heavy atom. The number of sulfonamides is 3. The second-order valence-electron chi connectivity index (χ2n) is 36.6. The van der Waals surface area contributed by atoms with Crippen molar-refractivity contribution < 1.29 is 99.1 Å². The van der Waals surface area contributed by atoms with Crippen LogP contribution in [0.4, 0.5) is 66.2 Å². The number of aliphatic hydroxyl groups excluding tert-OH is 2. The third kappa shape index (κ3) is 26.3. The maximum absolute atomic E-state index is 13.1. The maximum Gasteiger partial charge on any atom is 0.317 e. The van der Waals surface area contributed by atoms with Gasteiger partial charge in [-0.05, 0) is 131 Å². The summed E-state index contributed by atoms with van der Waals surface area (Å²) in [5.41, 5.74) is 4.50. The number of halogens is 10. The number of hydrogen-bond donors (Lipinski definition) is 8. The van der Waals surface area contributed by atoms with Crippen LogP contribution in [0, 0.1) is 5.92 Å². The van der Waals surface area contributed by atoms with Gasteiger partial charge in [0.2, 0.25) is 30.1 Å². The number of aromatic nitrogens is 25. The van der Waals surface area contributed by atoms with E-state index in [1.54, 1.807) is 52.5 Å². The summed E-state index contributed by atoms with van der Waals surface area (Å²) in [4.78, 5) is 85.9. The van der Waals surface area contributed by atoms with E-state index in [2.05, 4.69) is 125 Å². The Labute approximate surface area is 848 Å². The number of aliphatic hydroxyl groups is 4. The molecule has 6 aliphatic heterocycles. The van der Waals surface area contributed by atoms with Crippen molar-refractivity contribution in [1.29, 1.82) is 0 Å². The second-order valence-corrected chi connectivity index (χ2v) is 42.1. The molecule has 6 atom stereocenters. The number of ether oxygens (including phenoxy) is 1. The van der Waals surface area contributed by atoms with E-state index in [1.807, 2.05) is 15.9 Å². The van der Waals surface area contributed by atoms with Crippen LogP contribution in [0.15, 0.2) is 154 Å². The van der Waals surface area contributed by atoms with Crippen LogP contribution < -0.4 is 34.2 Å². The number of nitrogens with one attached hydrogen (secondary N) is 4. The molecule has 59 heteroatoms. The number of imidazole rings is 5. The van der Waals surface area contributed by atoms with Gasteiger partial charge in [0.05, 0.1) is 121 Å². The zero-order valence-corrected chi connectivity index (χ0v) is 82.8. The van der Waals surface area contributed by atoms with Gasteiger partial charge in [0.25, 0.3) is 32.1 Å². The smallest absolute Gasteiger partial charge is 0.317 e. The number of hydrogen-bond acceptors (Lipinski definition) is 36. The van der Waals surface area contributed by atoms with E-state index >= 15 is 0 Å². The first kappa shape index (κ1) is 107. The Bertz CT molecular complexity index is 7660. The van der Waals surface area contributed by atoms with Crippen LogP contribution in [0.1, 0.15) is 135 Å². The highest BCUT2D eigenvalue weighted by atomic mass is 32.2. The van der Waals surface area contributed by atoms with E-state index in [9.17, 15) is 89.3 Å². The lowest BCUT2D eigenvalue weighted by Crippen LogP contribution is -2.54. The molecule has 2 amide bonds. The molecular weight excluding hydrogens is 2050 g/mol. The normalized spacial score (nSPS) is 19.6. The summed E-state index contributed by atoms with van der Waals surface area (Å²) in [6.45, 7) is 7.12. The van der Waals surface area contributed by atoms with Crippen molar-refractivity contribution in [2.75, 3.05) is 145 Å². The molecule has 6 aliphatic rings. The number of carbonyl (C=O) groups excluding carboxylic acids is 1. The van der Waals surface area contributed by atoms with Crippen LogP contribution >= 0.6 is 0 Å². The number of fused-ring (bicyclic) bond motifs is 5. The summed E-state index contributed by atoms with van der Waals surface area (Å²) >= 11 is 0. The van der Waals surface area contributed by atoms with Gasteiger partial charge in [-0.25, -0.2) is 185 Å². The molecule has 0 bridgehead atoms. The number of nitrogens with zero attached hydrogens (tertiary/aromatic N) is 30. The zero-order chi connectivity index (χ0) is 106. The number of rotatable bonds is 27. The van der Waals surface area contributed by atoms with E-state index in [1.165, 1.54) is 127 Å². The fourth-order valence-electron chi connectivity index (χ4n) is 17.9. The molecule has 15 aromatic heterocycles. The monoisotopic (exact) mass is 2150 g/mol. The first-order chi connectivity index (χ1) is 71.7. The summed E-state index contributed by atoms with van der Waals surface area (Å²) < 4.78 is 218. The third-order valence-corrected chi connectivity index (χ3v) is 27.7. The molecule has 0 saturated carbocycles. The van der Waals surface area contributed by atoms with Crippen molar-refractivity contribution in [1.82, 2.24) is 152 Å². The van der Waals surface area contributed by atoms with E-state index in [-0.39, 0.29) is 92.2 Å². The van der Waals surface area contributed by atoms with Gasteiger partial charge < -0.3 is 50.1 Å². The summed E-state index contributed by atoms with van der Waals surface area (Å²) in [6.07, 6.45) is 9.41. The van der Waals surface area contributed by atoms with Crippen LogP contribution in [0.5, 0.6) is 0 Å². The molecule has 6 fully saturated rings. The summed E-state index contributed by atoms with van der Waals surface area (Å²) in [5, 5.41) is 63.1. The molecule has 8 N–H and O–H groups in total. The van der Waals surface area contributed by atoms with Crippen molar-refractivity contribution in [3.63, 3.8) is 0 Å². The highest BCUT2D eigenvalue weighted by Crippen LogP contribution is 2.37. The highest BCUT2D eigenvalue weighted by molar-refractivity contribution is 7.89. The number of β-amino-alcohol motifs (C(OH)–C–C–N with tert-alkyl or cyclic N) is 2. The lowest BCUT2D eigenvalue weighted by molar-refractivity contribution is -0.0723. The lowest BCUT2D eigenvalue weighted by atomic mass is 9.92. The van der Waals surface area contributed by atoms with Gasteiger partial charge in [-0.1, -0.05) is 0 Å². The zero-order valence-electron chi connectivity index (χ0n) is 80.4.